The van der Waals surface area contributed by atoms with Crippen molar-refractivity contribution in [1.82, 2.24) is 10.2 Å². The van der Waals surface area contributed by atoms with E-state index in [4.69, 9.17) is 4.74 Å². The first-order valence-electron chi connectivity index (χ1n) is 7.26. The number of benzene rings is 1. The number of aliphatic hydroxyl groups excluding tert-OH is 1. The molecule has 0 aliphatic carbocycles. The maximum Gasteiger partial charge on any atom is 0.236 e. The van der Waals surface area contributed by atoms with Crippen molar-refractivity contribution in [2.45, 2.75) is 26.9 Å². The van der Waals surface area contributed by atoms with Gasteiger partial charge in [-0.3, -0.25) is 4.79 Å². The van der Waals surface area contributed by atoms with Crippen LogP contribution in [0.3, 0.4) is 0 Å². The number of ether oxygens (including phenoxy) is 1. The van der Waals surface area contributed by atoms with Crippen LogP contribution in [0.5, 0.6) is 5.75 Å². The molecule has 0 spiro atoms. The number of nitrogens with one attached hydrogen (secondary N) is 1. The lowest BCUT2D eigenvalue weighted by molar-refractivity contribution is -0.128. The second kappa shape index (κ2) is 8.64. The van der Waals surface area contributed by atoms with Gasteiger partial charge in [0.25, 0.3) is 0 Å². The Morgan fingerprint density at radius 3 is 2.76 bits per heavy atom. The molecule has 0 aliphatic heterocycles. The molecule has 118 valence electrons. The topological polar surface area (TPSA) is 61.8 Å². The molecular formula is C16H26N2O3. The number of aliphatic hydroxyl groups is 1. The number of likely N-dealkylation sites (N-methyl/N-ethyl adjacent to an activating group) is 1. The maximum absolute atomic E-state index is 11.6. The molecule has 1 atom stereocenters. The van der Waals surface area contributed by atoms with Crippen molar-refractivity contribution >= 4 is 5.91 Å². The Morgan fingerprint density at radius 2 is 2.14 bits per heavy atom. The smallest absolute Gasteiger partial charge is 0.236 e. The van der Waals surface area contributed by atoms with E-state index >= 15 is 0 Å². The van der Waals surface area contributed by atoms with Gasteiger partial charge in [0.2, 0.25) is 5.91 Å². The Balaban J connectivity index is 2.28. The molecule has 0 heterocycles. The Kier molecular flexibility index (Phi) is 7.19. The first-order valence-corrected chi connectivity index (χ1v) is 7.26. The quantitative estimate of drug-likeness (QED) is 0.754. The lowest BCUT2D eigenvalue weighted by Crippen LogP contribution is -2.39. The van der Waals surface area contributed by atoms with Crippen LogP contribution >= 0.6 is 0 Å². The van der Waals surface area contributed by atoms with Crippen molar-refractivity contribution < 1.29 is 14.6 Å². The molecular weight excluding hydrogens is 268 g/mol. The van der Waals surface area contributed by atoms with Crippen molar-refractivity contribution in [3.8, 4) is 5.75 Å². The van der Waals surface area contributed by atoms with Crippen molar-refractivity contribution in [2.24, 2.45) is 0 Å². The third kappa shape index (κ3) is 6.14. The minimum Gasteiger partial charge on any atom is -0.491 e. The first-order chi connectivity index (χ1) is 9.93. The third-order valence-electron chi connectivity index (χ3n) is 3.32. The average molecular weight is 294 g/mol. The molecule has 5 nitrogen and oxygen atoms in total. The minimum atomic E-state index is -0.648. The van der Waals surface area contributed by atoms with Crippen LogP contribution in [0.1, 0.15) is 18.1 Å². The highest BCUT2D eigenvalue weighted by Crippen LogP contribution is 2.18. The summed E-state index contributed by atoms with van der Waals surface area (Å²) >= 11 is 0. The van der Waals surface area contributed by atoms with E-state index in [1.807, 2.05) is 39.0 Å². The van der Waals surface area contributed by atoms with E-state index in [1.165, 1.54) is 5.56 Å². The number of hydrogen-bond acceptors (Lipinski definition) is 4. The predicted molar refractivity (Wildman–Crippen MR) is 83.6 cm³/mol. The number of rotatable bonds is 8. The van der Waals surface area contributed by atoms with Crippen molar-refractivity contribution in [1.29, 1.82) is 0 Å². The number of carbonyl (C=O) groups is 1. The van der Waals surface area contributed by atoms with Crippen molar-refractivity contribution in [2.75, 3.05) is 33.3 Å². The number of carbonyl (C=O) groups excluding carboxylic acids is 1. The van der Waals surface area contributed by atoms with E-state index in [-0.39, 0.29) is 19.1 Å². The van der Waals surface area contributed by atoms with Gasteiger partial charge in [0, 0.05) is 20.1 Å². The monoisotopic (exact) mass is 294 g/mol. The number of amides is 1. The van der Waals surface area contributed by atoms with E-state index in [2.05, 4.69) is 5.32 Å². The van der Waals surface area contributed by atoms with Crippen LogP contribution in [0.2, 0.25) is 0 Å². The molecule has 0 saturated heterocycles. The fourth-order valence-corrected chi connectivity index (χ4v) is 1.86. The fraction of sp³-hybridized carbons (Fsp3) is 0.562. The normalized spacial score (nSPS) is 12.0. The van der Waals surface area contributed by atoms with Crippen LogP contribution in [-0.4, -0.2) is 55.3 Å². The lowest BCUT2D eigenvalue weighted by atomic mass is 10.1. The lowest BCUT2D eigenvalue weighted by Gasteiger charge is -2.17. The van der Waals surface area contributed by atoms with Crippen LogP contribution in [-0.2, 0) is 4.79 Å². The van der Waals surface area contributed by atoms with Crippen LogP contribution in [0, 0.1) is 13.8 Å². The summed E-state index contributed by atoms with van der Waals surface area (Å²) < 4.78 is 5.59. The van der Waals surface area contributed by atoms with Gasteiger partial charge >= 0.3 is 0 Å². The zero-order valence-corrected chi connectivity index (χ0v) is 13.3. The van der Waals surface area contributed by atoms with Crippen LogP contribution in [0.25, 0.3) is 0 Å². The Bertz CT molecular complexity index is 463. The molecule has 1 amide bonds. The highest BCUT2D eigenvalue weighted by molar-refractivity contribution is 5.77. The maximum atomic E-state index is 11.6. The van der Waals surface area contributed by atoms with Gasteiger partial charge in [-0.25, -0.2) is 0 Å². The molecule has 5 heteroatoms. The van der Waals surface area contributed by atoms with E-state index in [0.717, 1.165) is 11.3 Å². The summed E-state index contributed by atoms with van der Waals surface area (Å²) in [5.41, 5.74) is 2.23. The van der Waals surface area contributed by atoms with Crippen molar-refractivity contribution in [3.05, 3.63) is 29.3 Å². The summed E-state index contributed by atoms with van der Waals surface area (Å²) in [6.45, 7) is 7.36. The van der Waals surface area contributed by atoms with E-state index in [0.29, 0.717) is 13.1 Å². The summed E-state index contributed by atoms with van der Waals surface area (Å²) in [5.74, 6) is 0.793. The van der Waals surface area contributed by atoms with Crippen LogP contribution < -0.4 is 10.1 Å². The number of nitrogens with zero attached hydrogens (tertiary/aromatic N) is 1. The molecule has 1 aromatic carbocycles. The van der Waals surface area contributed by atoms with Gasteiger partial charge in [-0.15, -0.1) is 0 Å². The second-order valence-corrected chi connectivity index (χ2v) is 5.27. The Hall–Kier alpha value is -1.59. The molecule has 0 aromatic heterocycles. The average Bonchev–Trinajstić information content (AvgIpc) is 2.45. The summed E-state index contributed by atoms with van der Waals surface area (Å²) in [6.07, 6.45) is -0.648. The van der Waals surface area contributed by atoms with Crippen LogP contribution in [0.15, 0.2) is 18.2 Å². The highest BCUT2D eigenvalue weighted by Gasteiger charge is 2.09. The minimum absolute atomic E-state index is 0.0139. The SMILES string of the molecule is CCN(C)C(=O)CNCC(O)COc1ccc(C)cc1C. The fourth-order valence-electron chi connectivity index (χ4n) is 1.86. The Morgan fingerprint density at radius 1 is 1.43 bits per heavy atom. The van der Waals surface area contributed by atoms with Gasteiger partial charge in [0.15, 0.2) is 0 Å². The summed E-state index contributed by atoms with van der Waals surface area (Å²) in [4.78, 5) is 13.2. The number of aryl methyl sites for hydroxylation is 2. The van der Waals surface area contributed by atoms with Gasteiger partial charge in [-0.2, -0.15) is 0 Å². The van der Waals surface area contributed by atoms with Gasteiger partial charge in [0.1, 0.15) is 18.5 Å². The molecule has 2 N–H and O–H groups in total. The van der Waals surface area contributed by atoms with Crippen molar-refractivity contribution in [3.63, 3.8) is 0 Å². The molecule has 1 aromatic rings. The molecule has 1 unspecified atom stereocenters. The second-order valence-electron chi connectivity index (χ2n) is 5.27. The third-order valence-corrected chi connectivity index (χ3v) is 3.32. The summed E-state index contributed by atoms with van der Waals surface area (Å²) in [6, 6.07) is 5.93. The van der Waals surface area contributed by atoms with Crippen LogP contribution in [0.4, 0.5) is 0 Å². The van der Waals surface area contributed by atoms with Gasteiger partial charge in [0.05, 0.1) is 6.54 Å². The van der Waals surface area contributed by atoms with Gasteiger partial charge in [-0.05, 0) is 32.4 Å². The zero-order valence-electron chi connectivity index (χ0n) is 13.3. The van der Waals surface area contributed by atoms with E-state index < -0.39 is 6.10 Å². The Labute approximate surface area is 126 Å². The zero-order chi connectivity index (χ0) is 15.8. The van der Waals surface area contributed by atoms with Gasteiger partial charge < -0.3 is 20.1 Å². The first kappa shape index (κ1) is 17.5. The molecule has 0 aliphatic rings. The van der Waals surface area contributed by atoms with Gasteiger partial charge in [-0.1, -0.05) is 17.7 Å². The largest absolute Gasteiger partial charge is 0.491 e. The summed E-state index contributed by atoms with van der Waals surface area (Å²) in [7, 11) is 1.75. The molecule has 0 bridgehead atoms. The molecule has 0 radical (unpaired) electrons. The predicted octanol–water partition coefficient (Wildman–Crippen LogP) is 1.11. The standard InChI is InChI=1S/C16H26N2O3/c1-5-18(4)16(20)10-17-9-14(19)11-21-15-7-6-12(2)8-13(15)3/h6-8,14,17,19H,5,9-11H2,1-4H3. The molecule has 21 heavy (non-hydrogen) atoms. The highest BCUT2D eigenvalue weighted by atomic mass is 16.5. The molecule has 0 fully saturated rings. The molecule has 1 rings (SSSR count). The number of hydrogen-bond donors (Lipinski definition) is 2. The van der Waals surface area contributed by atoms with E-state index in [1.54, 1.807) is 11.9 Å². The molecule has 0 saturated carbocycles. The summed E-state index contributed by atoms with van der Waals surface area (Å²) in [5, 5.41) is 12.8. The van der Waals surface area contributed by atoms with E-state index in [9.17, 15) is 9.90 Å².